The van der Waals surface area contributed by atoms with E-state index in [4.69, 9.17) is 4.52 Å². The Morgan fingerprint density at radius 2 is 1.40 bits per heavy atom. The minimum atomic E-state index is 0.829. The highest BCUT2D eigenvalue weighted by Gasteiger charge is 2.13. The number of aromatic nitrogens is 1. The summed E-state index contributed by atoms with van der Waals surface area (Å²) in [6.45, 7) is 1.94. The van der Waals surface area contributed by atoms with Crippen LogP contribution in [0.15, 0.2) is 65.2 Å². The van der Waals surface area contributed by atoms with Crippen LogP contribution in [0, 0.1) is 6.92 Å². The molecule has 0 saturated carbocycles. The van der Waals surface area contributed by atoms with Crippen molar-refractivity contribution < 1.29 is 4.52 Å². The van der Waals surface area contributed by atoms with Crippen molar-refractivity contribution in [3.63, 3.8) is 0 Å². The van der Waals surface area contributed by atoms with Crippen LogP contribution in [-0.4, -0.2) is 5.16 Å². The SMILES string of the molecule is Cc1cc(-c2c3ccccc3cc3ccccc23)on1. The van der Waals surface area contributed by atoms with Crippen molar-refractivity contribution in [2.45, 2.75) is 6.92 Å². The lowest BCUT2D eigenvalue weighted by Crippen LogP contribution is -1.83. The summed E-state index contributed by atoms with van der Waals surface area (Å²) in [4.78, 5) is 0. The van der Waals surface area contributed by atoms with Crippen molar-refractivity contribution >= 4 is 21.5 Å². The van der Waals surface area contributed by atoms with Gasteiger partial charge in [0.15, 0.2) is 5.76 Å². The molecule has 0 saturated heterocycles. The van der Waals surface area contributed by atoms with Crippen LogP contribution < -0.4 is 0 Å². The van der Waals surface area contributed by atoms with Crippen LogP contribution in [0.1, 0.15) is 5.69 Å². The van der Waals surface area contributed by atoms with Crippen LogP contribution in [0.3, 0.4) is 0 Å². The zero-order valence-corrected chi connectivity index (χ0v) is 11.1. The van der Waals surface area contributed by atoms with Crippen molar-refractivity contribution in [3.05, 3.63) is 66.4 Å². The Hall–Kier alpha value is -2.61. The first kappa shape index (κ1) is 11.2. The molecule has 0 aliphatic rings. The van der Waals surface area contributed by atoms with E-state index in [9.17, 15) is 0 Å². The van der Waals surface area contributed by atoms with E-state index in [1.807, 2.05) is 13.0 Å². The van der Waals surface area contributed by atoms with Gasteiger partial charge in [-0.15, -0.1) is 0 Å². The van der Waals surface area contributed by atoms with Crippen molar-refractivity contribution in [1.82, 2.24) is 5.16 Å². The third-order valence-electron chi connectivity index (χ3n) is 3.65. The van der Waals surface area contributed by atoms with Gasteiger partial charge in [0, 0.05) is 11.6 Å². The molecule has 0 spiro atoms. The van der Waals surface area contributed by atoms with E-state index < -0.39 is 0 Å². The molecule has 1 heterocycles. The minimum Gasteiger partial charge on any atom is -0.356 e. The first-order chi connectivity index (χ1) is 9.83. The summed E-state index contributed by atoms with van der Waals surface area (Å²) in [6.07, 6.45) is 0. The molecule has 4 rings (SSSR count). The fourth-order valence-electron chi connectivity index (χ4n) is 2.76. The predicted octanol–water partition coefficient (Wildman–Crippen LogP) is 4.96. The molecule has 0 aliphatic heterocycles. The highest BCUT2D eigenvalue weighted by atomic mass is 16.5. The lowest BCUT2D eigenvalue weighted by Gasteiger charge is -2.08. The van der Waals surface area contributed by atoms with Gasteiger partial charge in [-0.05, 0) is 34.5 Å². The van der Waals surface area contributed by atoms with Crippen LogP contribution in [0.25, 0.3) is 32.9 Å². The number of hydrogen-bond acceptors (Lipinski definition) is 2. The fourth-order valence-corrected chi connectivity index (χ4v) is 2.76. The summed E-state index contributed by atoms with van der Waals surface area (Å²) in [5.41, 5.74) is 2.02. The van der Waals surface area contributed by atoms with Gasteiger partial charge in [-0.1, -0.05) is 53.7 Å². The number of rotatable bonds is 1. The summed E-state index contributed by atoms with van der Waals surface area (Å²) in [7, 11) is 0. The molecule has 0 N–H and O–H groups in total. The van der Waals surface area contributed by atoms with Gasteiger partial charge in [-0.3, -0.25) is 0 Å². The molecule has 2 nitrogen and oxygen atoms in total. The van der Waals surface area contributed by atoms with Crippen LogP contribution in [-0.2, 0) is 0 Å². The molecular weight excluding hydrogens is 246 g/mol. The van der Waals surface area contributed by atoms with E-state index in [-0.39, 0.29) is 0 Å². The van der Waals surface area contributed by atoms with Crippen LogP contribution in [0.2, 0.25) is 0 Å². The second kappa shape index (κ2) is 4.20. The molecule has 0 radical (unpaired) electrons. The van der Waals surface area contributed by atoms with Crippen LogP contribution in [0.4, 0.5) is 0 Å². The van der Waals surface area contributed by atoms with E-state index in [2.05, 4.69) is 59.8 Å². The van der Waals surface area contributed by atoms with Crippen molar-refractivity contribution in [2.24, 2.45) is 0 Å². The smallest absolute Gasteiger partial charge is 0.168 e. The van der Waals surface area contributed by atoms with E-state index in [1.165, 1.54) is 21.5 Å². The number of benzene rings is 3. The maximum atomic E-state index is 5.52. The molecule has 0 bridgehead atoms. The molecule has 20 heavy (non-hydrogen) atoms. The zero-order valence-electron chi connectivity index (χ0n) is 11.1. The Bertz CT molecular complexity index is 867. The summed E-state index contributed by atoms with van der Waals surface area (Å²) in [6, 6.07) is 21.0. The van der Waals surface area contributed by atoms with Gasteiger partial charge >= 0.3 is 0 Å². The van der Waals surface area contributed by atoms with Crippen molar-refractivity contribution in [3.8, 4) is 11.3 Å². The van der Waals surface area contributed by atoms with E-state index >= 15 is 0 Å². The summed E-state index contributed by atoms with van der Waals surface area (Å²) >= 11 is 0. The van der Waals surface area contributed by atoms with Gasteiger partial charge < -0.3 is 4.52 Å². The zero-order chi connectivity index (χ0) is 13.5. The summed E-state index contributed by atoms with van der Waals surface area (Å²) in [5.74, 6) is 0.829. The molecular formula is C18H13NO. The minimum absolute atomic E-state index is 0.829. The van der Waals surface area contributed by atoms with E-state index in [0.29, 0.717) is 0 Å². The van der Waals surface area contributed by atoms with Crippen LogP contribution in [0.5, 0.6) is 0 Å². The molecule has 96 valence electrons. The Balaban J connectivity index is 2.23. The lowest BCUT2D eigenvalue weighted by atomic mass is 9.95. The maximum Gasteiger partial charge on any atom is 0.168 e. The second-order valence-corrected chi connectivity index (χ2v) is 5.03. The largest absolute Gasteiger partial charge is 0.356 e. The van der Waals surface area contributed by atoms with Gasteiger partial charge in [-0.2, -0.15) is 0 Å². The van der Waals surface area contributed by atoms with Crippen LogP contribution >= 0.6 is 0 Å². The molecule has 3 aromatic carbocycles. The third-order valence-corrected chi connectivity index (χ3v) is 3.65. The number of fused-ring (bicyclic) bond motifs is 2. The molecule has 4 aromatic rings. The van der Waals surface area contributed by atoms with Gasteiger partial charge in [0.25, 0.3) is 0 Å². The van der Waals surface area contributed by atoms with Crippen molar-refractivity contribution in [2.75, 3.05) is 0 Å². The van der Waals surface area contributed by atoms with E-state index in [0.717, 1.165) is 17.0 Å². The normalized spacial score (nSPS) is 11.2. The first-order valence-corrected chi connectivity index (χ1v) is 6.67. The maximum absolute atomic E-state index is 5.52. The van der Waals surface area contributed by atoms with Gasteiger partial charge in [0.05, 0.1) is 5.69 Å². The fraction of sp³-hybridized carbons (Fsp3) is 0.0556. The standard InChI is InChI=1S/C18H13NO/c1-12-10-17(20-19-12)18-15-8-4-2-6-13(15)11-14-7-3-5-9-16(14)18/h2-11H,1H3. The summed E-state index contributed by atoms with van der Waals surface area (Å²) < 4.78 is 5.52. The lowest BCUT2D eigenvalue weighted by molar-refractivity contribution is 0.428. The molecule has 0 unspecified atom stereocenters. The van der Waals surface area contributed by atoms with Gasteiger partial charge in [-0.25, -0.2) is 0 Å². The van der Waals surface area contributed by atoms with Gasteiger partial charge in [0.2, 0.25) is 0 Å². The molecule has 1 aromatic heterocycles. The summed E-state index contributed by atoms with van der Waals surface area (Å²) in [5, 5.41) is 8.86. The quantitative estimate of drug-likeness (QED) is 0.452. The average molecular weight is 259 g/mol. The Kier molecular flexibility index (Phi) is 2.36. The molecule has 0 atom stereocenters. The van der Waals surface area contributed by atoms with Gasteiger partial charge in [0.1, 0.15) is 0 Å². The highest BCUT2D eigenvalue weighted by Crippen LogP contribution is 2.36. The third kappa shape index (κ3) is 1.62. The first-order valence-electron chi connectivity index (χ1n) is 6.67. The monoisotopic (exact) mass is 259 g/mol. The number of aryl methyl sites for hydroxylation is 1. The number of hydrogen-bond donors (Lipinski definition) is 0. The second-order valence-electron chi connectivity index (χ2n) is 5.03. The molecule has 2 heteroatoms. The highest BCUT2D eigenvalue weighted by molar-refractivity contribution is 6.11. The molecule has 0 amide bonds. The molecule has 0 aliphatic carbocycles. The molecule has 0 fully saturated rings. The Morgan fingerprint density at radius 1 is 0.800 bits per heavy atom. The van der Waals surface area contributed by atoms with Crippen molar-refractivity contribution in [1.29, 1.82) is 0 Å². The van der Waals surface area contributed by atoms with E-state index in [1.54, 1.807) is 0 Å². The Morgan fingerprint density at radius 3 is 1.95 bits per heavy atom. The average Bonchev–Trinajstić information content (AvgIpc) is 2.91. The predicted molar refractivity (Wildman–Crippen MR) is 81.7 cm³/mol. The Labute approximate surface area is 116 Å². The number of nitrogens with zero attached hydrogens (tertiary/aromatic N) is 1. The topological polar surface area (TPSA) is 26.0 Å².